The van der Waals surface area contributed by atoms with Gasteiger partial charge in [0.15, 0.2) is 11.6 Å². The van der Waals surface area contributed by atoms with Crippen LogP contribution in [0.4, 0.5) is 4.39 Å². The van der Waals surface area contributed by atoms with Crippen LogP contribution < -0.4 is 4.74 Å². The fourth-order valence-electron chi connectivity index (χ4n) is 1.72. The lowest BCUT2D eigenvalue weighted by molar-refractivity contribution is 0.424. The summed E-state index contributed by atoms with van der Waals surface area (Å²) in [7, 11) is 0. The van der Waals surface area contributed by atoms with Crippen molar-refractivity contribution in [2.45, 2.75) is 18.8 Å². The first-order valence-corrected chi connectivity index (χ1v) is 5.97. The van der Waals surface area contributed by atoms with Crippen LogP contribution in [0, 0.1) is 17.1 Å². The molecule has 19 heavy (non-hydrogen) atoms. The van der Waals surface area contributed by atoms with E-state index in [4.69, 9.17) is 10.00 Å². The van der Waals surface area contributed by atoms with Gasteiger partial charge >= 0.3 is 0 Å². The molecule has 1 aliphatic rings. The fraction of sp³-hybridized carbons (Fsp3) is 0.214. The molecular weight excluding hydrogens is 245 g/mol. The van der Waals surface area contributed by atoms with Crippen LogP contribution in [-0.4, -0.2) is 9.97 Å². The van der Waals surface area contributed by atoms with E-state index in [1.807, 2.05) is 6.07 Å². The van der Waals surface area contributed by atoms with Gasteiger partial charge in [-0.05, 0) is 31.0 Å². The van der Waals surface area contributed by atoms with Gasteiger partial charge in [0.05, 0.1) is 11.6 Å². The molecule has 0 bridgehead atoms. The minimum atomic E-state index is -0.578. The summed E-state index contributed by atoms with van der Waals surface area (Å²) >= 11 is 0. The van der Waals surface area contributed by atoms with Gasteiger partial charge in [0, 0.05) is 18.2 Å². The van der Waals surface area contributed by atoms with Crippen LogP contribution in [0.5, 0.6) is 11.6 Å². The van der Waals surface area contributed by atoms with Gasteiger partial charge < -0.3 is 4.74 Å². The number of hydrogen-bond donors (Lipinski definition) is 0. The lowest BCUT2D eigenvalue weighted by Crippen LogP contribution is -1.96. The molecular formula is C14H10FN3O. The maximum atomic E-state index is 13.7. The Labute approximate surface area is 109 Å². The smallest absolute Gasteiger partial charge is 0.222 e. The molecule has 1 fully saturated rings. The van der Waals surface area contributed by atoms with Gasteiger partial charge in [-0.25, -0.2) is 9.37 Å². The fourth-order valence-corrected chi connectivity index (χ4v) is 1.72. The van der Waals surface area contributed by atoms with Gasteiger partial charge in [0.1, 0.15) is 5.82 Å². The molecule has 2 aromatic rings. The molecule has 0 N–H and O–H groups in total. The number of nitriles is 1. The van der Waals surface area contributed by atoms with Crippen LogP contribution >= 0.6 is 0 Å². The third kappa shape index (κ3) is 2.52. The molecule has 5 heteroatoms. The molecule has 0 spiro atoms. The summed E-state index contributed by atoms with van der Waals surface area (Å²) in [6.07, 6.45) is 3.79. The predicted octanol–water partition coefficient (Wildman–Crippen LogP) is 3.16. The molecule has 1 saturated carbocycles. The highest BCUT2D eigenvalue weighted by atomic mass is 19.1. The summed E-state index contributed by atoms with van der Waals surface area (Å²) in [6.45, 7) is 0. The molecule has 4 nitrogen and oxygen atoms in total. The van der Waals surface area contributed by atoms with Crippen LogP contribution in [0.1, 0.15) is 30.1 Å². The van der Waals surface area contributed by atoms with Crippen molar-refractivity contribution in [3.8, 4) is 17.7 Å². The first-order valence-electron chi connectivity index (χ1n) is 5.97. The van der Waals surface area contributed by atoms with Crippen molar-refractivity contribution in [2.24, 2.45) is 0 Å². The van der Waals surface area contributed by atoms with Crippen LogP contribution in [0.2, 0.25) is 0 Å². The van der Waals surface area contributed by atoms with E-state index in [1.165, 1.54) is 12.1 Å². The second-order valence-corrected chi connectivity index (χ2v) is 4.39. The molecule has 0 unspecified atom stereocenters. The molecule has 0 atom stereocenters. The van der Waals surface area contributed by atoms with Crippen LogP contribution in [0.15, 0.2) is 30.5 Å². The first kappa shape index (κ1) is 11.6. The standard InChI is InChI=1S/C14H10FN3O/c15-11-7-9(8-16)1-4-12(11)19-13-5-6-17-14(18-13)10-2-3-10/h1,4-7,10H,2-3H2. The van der Waals surface area contributed by atoms with Crippen LogP contribution in [-0.2, 0) is 0 Å². The van der Waals surface area contributed by atoms with E-state index in [0.717, 1.165) is 24.7 Å². The Hall–Kier alpha value is -2.48. The highest BCUT2D eigenvalue weighted by molar-refractivity contribution is 5.37. The topological polar surface area (TPSA) is 58.8 Å². The van der Waals surface area contributed by atoms with E-state index in [2.05, 4.69) is 9.97 Å². The summed E-state index contributed by atoms with van der Waals surface area (Å²) in [5.41, 5.74) is 0.256. The average Bonchev–Trinajstić information content (AvgIpc) is 3.26. The Morgan fingerprint density at radius 2 is 2.16 bits per heavy atom. The summed E-state index contributed by atoms with van der Waals surface area (Å²) < 4.78 is 19.1. The van der Waals surface area contributed by atoms with Gasteiger partial charge in [-0.15, -0.1) is 0 Å². The molecule has 1 aromatic heterocycles. The third-order valence-electron chi connectivity index (χ3n) is 2.87. The van der Waals surface area contributed by atoms with Crippen molar-refractivity contribution in [3.63, 3.8) is 0 Å². The summed E-state index contributed by atoms with van der Waals surface area (Å²) in [4.78, 5) is 8.41. The number of benzene rings is 1. The first-order chi connectivity index (χ1) is 9.26. The molecule has 1 heterocycles. The number of halogens is 1. The molecule has 0 radical (unpaired) electrons. The summed E-state index contributed by atoms with van der Waals surface area (Å²) in [5.74, 6) is 0.950. The lowest BCUT2D eigenvalue weighted by Gasteiger charge is -2.06. The van der Waals surface area contributed by atoms with Crippen molar-refractivity contribution in [2.75, 3.05) is 0 Å². The summed E-state index contributed by atoms with van der Waals surface area (Å²) in [5, 5.41) is 8.67. The van der Waals surface area contributed by atoms with E-state index in [0.29, 0.717) is 11.8 Å². The van der Waals surface area contributed by atoms with E-state index in [1.54, 1.807) is 12.3 Å². The minimum Gasteiger partial charge on any atom is -0.436 e. The molecule has 0 saturated heterocycles. The van der Waals surface area contributed by atoms with E-state index in [9.17, 15) is 4.39 Å². The van der Waals surface area contributed by atoms with Crippen LogP contribution in [0.3, 0.4) is 0 Å². The average molecular weight is 255 g/mol. The largest absolute Gasteiger partial charge is 0.436 e. The second-order valence-electron chi connectivity index (χ2n) is 4.39. The molecule has 1 aliphatic carbocycles. The van der Waals surface area contributed by atoms with Crippen molar-refractivity contribution in [3.05, 3.63) is 47.7 Å². The number of ether oxygens (including phenoxy) is 1. The normalized spacial score (nSPS) is 13.9. The Morgan fingerprint density at radius 3 is 2.84 bits per heavy atom. The van der Waals surface area contributed by atoms with Crippen molar-refractivity contribution >= 4 is 0 Å². The highest BCUT2D eigenvalue weighted by Crippen LogP contribution is 2.38. The van der Waals surface area contributed by atoms with E-state index >= 15 is 0 Å². The Morgan fingerprint density at radius 1 is 1.32 bits per heavy atom. The van der Waals surface area contributed by atoms with Crippen molar-refractivity contribution < 1.29 is 9.13 Å². The molecule has 0 amide bonds. The Balaban J connectivity index is 1.84. The zero-order valence-electron chi connectivity index (χ0n) is 10.0. The van der Waals surface area contributed by atoms with Gasteiger partial charge in [-0.2, -0.15) is 10.2 Å². The van der Waals surface area contributed by atoms with E-state index in [-0.39, 0.29) is 11.3 Å². The maximum absolute atomic E-state index is 13.7. The zero-order valence-corrected chi connectivity index (χ0v) is 10.0. The zero-order chi connectivity index (χ0) is 13.2. The predicted molar refractivity (Wildman–Crippen MR) is 65.2 cm³/mol. The van der Waals surface area contributed by atoms with Crippen molar-refractivity contribution in [1.29, 1.82) is 5.26 Å². The monoisotopic (exact) mass is 255 g/mol. The quantitative estimate of drug-likeness (QED) is 0.845. The molecule has 0 aliphatic heterocycles. The van der Waals surface area contributed by atoms with Gasteiger partial charge in [0.25, 0.3) is 0 Å². The SMILES string of the molecule is N#Cc1ccc(Oc2ccnc(C3CC3)n2)c(F)c1. The molecule has 3 rings (SSSR count). The number of nitrogens with zero attached hydrogens (tertiary/aromatic N) is 3. The van der Waals surface area contributed by atoms with E-state index < -0.39 is 5.82 Å². The number of rotatable bonds is 3. The summed E-state index contributed by atoms with van der Waals surface area (Å²) in [6, 6.07) is 7.52. The Bertz CT molecular complexity index is 662. The maximum Gasteiger partial charge on any atom is 0.222 e. The third-order valence-corrected chi connectivity index (χ3v) is 2.87. The minimum absolute atomic E-state index is 0.0550. The van der Waals surface area contributed by atoms with Gasteiger partial charge in [-0.3, -0.25) is 0 Å². The van der Waals surface area contributed by atoms with Gasteiger partial charge in [-0.1, -0.05) is 0 Å². The number of hydrogen-bond acceptors (Lipinski definition) is 4. The van der Waals surface area contributed by atoms with Crippen LogP contribution in [0.25, 0.3) is 0 Å². The van der Waals surface area contributed by atoms with Gasteiger partial charge in [0.2, 0.25) is 5.88 Å². The lowest BCUT2D eigenvalue weighted by atomic mass is 10.2. The molecule has 94 valence electrons. The van der Waals surface area contributed by atoms with Crippen molar-refractivity contribution in [1.82, 2.24) is 9.97 Å². The second kappa shape index (κ2) is 4.65. The number of aromatic nitrogens is 2. The highest BCUT2D eigenvalue weighted by Gasteiger charge is 2.26. The molecule has 1 aromatic carbocycles. The Kier molecular flexibility index (Phi) is 2.84.